The Bertz CT molecular complexity index is 3960. The molecule has 0 unspecified atom stereocenters. The van der Waals surface area contributed by atoms with Crippen LogP contribution in [0, 0.1) is 0 Å². The second kappa shape index (κ2) is 13.8. The van der Waals surface area contributed by atoms with Crippen LogP contribution in [0.3, 0.4) is 0 Å². The molecule has 5 aromatic heterocycles. The molecule has 64 heavy (non-hydrogen) atoms. The third-order valence-electron chi connectivity index (χ3n) is 12.8. The molecule has 14 aromatic rings. The van der Waals surface area contributed by atoms with Gasteiger partial charge in [0.15, 0.2) is 17.5 Å². The van der Waals surface area contributed by atoms with E-state index >= 15 is 0 Å². The molecule has 0 atom stereocenters. The van der Waals surface area contributed by atoms with Crippen LogP contribution in [0.4, 0.5) is 0 Å². The predicted molar refractivity (Wildman–Crippen MR) is 271 cm³/mol. The van der Waals surface area contributed by atoms with Crippen LogP contribution in [0.1, 0.15) is 0 Å². The van der Waals surface area contributed by atoms with Crippen LogP contribution in [-0.4, -0.2) is 24.1 Å². The number of hydrogen-bond donors (Lipinski definition) is 0. The third-order valence-corrected chi connectivity index (χ3v) is 15.0. The van der Waals surface area contributed by atoms with Crippen molar-refractivity contribution >= 4 is 107 Å². The highest BCUT2D eigenvalue weighted by molar-refractivity contribution is 7.26. The van der Waals surface area contributed by atoms with Crippen molar-refractivity contribution < 1.29 is 0 Å². The minimum absolute atomic E-state index is 0.632. The summed E-state index contributed by atoms with van der Waals surface area (Å²) in [6.07, 6.45) is 0. The first-order chi connectivity index (χ1) is 31.7. The van der Waals surface area contributed by atoms with Crippen LogP contribution < -0.4 is 0 Å². The number of aromatic nitrogens is 5. The van der Waals surface area contributed by atoms with Gasteiger partial charge < -0.3 is 9.13 Å². The molecule has 298 valence electrons. The van der Waals surface area contributed by atoms with Crippen molar-refractivity contribution in [2.45, 2.75) is 0 Å². The summed E-state index contributed by atoms with van der Waals surface area (Å²) < 4.78 is 10.0. The minimum Gasteiger partial charge on any atom is -0.309 e. The third kappa shape index (κ3) is 5.26. The average Bonchev–Trinajstić information content (AvgIpc) is 4.11. The Kier molecular flexibility index (Phi) is 7.66. The summed E-state index contributed by atoms with van der Waals surface area (Å²) in [4.78, 5) is 15.7. The zero-order valence-corrected chi connectivity index (χ0v) is 35.7. The molecular formula is C57H33N5S2. The van der Waals surface area contributed by atoms with Crippen molar-refractivity contribution in [3.05, 3.63) is 200 Å². The average molecular weight is 852 g/mol. The monoisotopic (exact) mass is 851 g/mol. The number of nitrogens with zero attached hydrogens (tertiary/aromatic N) is 5. The molecule has 0 saturated carbocycles. The lowest BCUT2D eigenvalue weighted by molar-refractivity contribution is 1.07. The second-order valence-corrected chi connectivity index (χ2v) is 18.5. The summed E-state index contributed by atoms with van der Waals surface area (Å²) in [6, 6.07) is 71.8. The fourth-order valence-corrected chi connectivity index (χ4v) is 12.2. The van der Waals surface area contributed by atoms with Gasteiger partial charge in [0.1, 0.15) is 0 Å². The molecule has 0 aliphatic rings. The van der Waals surface area contributed by atoms with Crippen molar-refractivity contribution in [1.82, 2.24) is 24.1 Å². The van der Waals surface area contributed by atoms with E-state index in [-0.39, 0.29) is 0 Å². The quantitative estimate of drug-likeness (QED) is 0.173. The van der Waals surface area contributed by atoms with E-state index < -0.39 is 0 Å². The van der Waals surface area contributed by atoms with Crippen LogP contribution in [0.25, 0.3) is 129 Å². The van der Waals surface area contributed by atoms with Crippen LogP contribution in [-0.2, 0) is 0 Å². The van der Waals surface area contributed by atoms with Gasteiger partial charge in [0.2, 0.25) is 0 Å². The molecular weight excluding hydrogens is 819 g/mol. The van der Waals surface area contributed by atoms with Crippen LogP contribution in [0.15, 0.2) is 200 Å². The predicted octanol–water partition coefficient (Wildman–Crippen LogP) is 15.8. The number of fused-ring (bicyclic) bond motifs is 12. The van der Waals surface area contributed by atoms with E-state index in [0.717, 1.165) is 49.5 Å². The van der Waals surface area contributed by atoms with Crippen LogP contribution in [0.5, 0.6) is 0 Å². The highest BCUT2D eigenvalue weighted by Crippen LogP contribution is 2.44. The number of thiophene rings is 2. The Balaban J connectivity index is 0.966. The highest BCUT2D eigenvalue weighted by atomic mass is 32.1. The van der Waals surface area contributed by atoms with Crippen molar-refractivity contribution in [1.29, 1.82) is 0 Å². The van der Waals surface area contributed by atoms with E-state index in [4.69, 9.17) is 15.0 Å². The SMILES string of the molecule is c1ccc(-c2nc(-c3ccc4c(c3)c3ccccc3n4-c3cccc4sc5ccccc5c34)nc(-c3ccc4c(c3)c3ccccc3n4-c3cccc4sc5ccccc5c34)n2)cc1. The van der Waals surface area contributed by atoms with Crippen molar-refractivity contribution in [2.75, 3.05) is 0 Å². The second-order valence-electron chi connectivity index (χ2n) is 16.3. The van der Waals surface area contributed by atoms with Gasteiger partial charge >= 0.3 is 0 Å². The topological polar surface area (TPSA) is 48.5 Å². The van der Waals surface area contributed by atoms with E-state index in [1.54, 1.807) is 0 Å². The lowest BCUT2D eigenvalue weighted by atomic mass is 10.1. The van der Waals surface area contributed by atoms with E-state index in [1.807, 2.05) is 40.9 Å². The maximum atomic E-state index is 5.31. The van der Waals surface area contributed by atoms with Crippen molar-refractivity contribution in [3.63, 3.8) is 0 Å². The normalized spacial score (nSPS) is 12.1. The smallest absolute Gasteiger partial charge is 0.164 e. The van der Waals surface area contributed by atoms with E-state index in [2.05, 4.69) is 191 Å². The minimum atomic E-state index is 0.632. The number of para-hydroxylation sites is 2. The first-order valence-electron chi connectivity index (χ1n) is 21.4. The molecule has 0 aliphatic carbocycles. The summed E-state index contributed by atoms with van der Waals surface area (Å²) in [5, 5.41) is 9.78. The molecule has 9 aromatic carbocycles. The molecule has 0 radical (unpaired) electrons. The Hall–Kier alpha value is -7.97. The fraction of sp³-hybridized carbons (Fsp3) is 0. The van der Waals surface area contributed by atoms with Gasteiger partial charge in [0.05, 0.1) is 33.4 Å². The Labute approximate surface area is 374 Å². The number of rotatable bonds is 5. The molecule has 0 N–H and O–H groups in total. The van der Waals surface area contributed by atoms with Gasteiger partial charge in [0, 0.05) is 78.6 Å². The van der Waals surface area contributed by atoms with E-state index in [0.29, 0.717) is 17.5 Å². The maximum absolute atomic E-state index is 5.31. The Morgan fingerprint density at radius 1 is 0.281 bits per heavy atom. The standard InChI is InChI=1S/C57H33N5S2/c1-2-14-34(15-3-1)55-58-56(35-28-30-45-41(32-35)37-16-4-8-20-43(37)61(45)47-22-12-26-51-53(47)39-18-6-10-24-49(39)63-51)60-57(59-55)36-29-31-46-42(33-36)38-17-5-9-21-44(38)62(46)48-23-13-27-52-54(48)40-19-7-11-25-50(40)64-52/h1-33H. The molecule has 7 heteroatoms. The first kappa shape index (κ1) is 35.6. The van der Waals surface area contributed by atoms with Gasteiger partial charge in [-0.3, -0.25) is 0 Å². The molecule has 0 bridgehead atoms. The molecule has 0 spiro atoms. The highest BCUT2D eigenvalue weighted by Gasteiger charge is 2.21. The molecule has 0 saturated heterocycles. The lowest BCUT2D eigenvalue weighted by Crippen LogP contribution is -2.00. The molecule has 5 heterocycles. The van der Waals surface area contributed by atoms with Crippen LogP contribution in [0.2, 0.25) is 0 Å². The number of hydrogen-bond acceptors (Lipinski definition) is 5. The van der Waals surface area contributed by atoms with Gasteiger partial charge in [-0.1, -0.05) is 115 Å². The summed E-state index contributed by atoms with van der Waals surface area (Å²) in [7, 11) is 0. The van der Waals surface area contributed by atoms with Crippen LogP contribution >= 0.6 is 22.7 Å². The molecule has 0 amide bonds. The molecule has 14 rings (SSSR count). The lowest BCUT2D eigenvalue weighted by Gasteiger charge is -2.12. The zero-order chi connectivity index (χ0) is 41.9. The van der Waals surface area contributed by atoms with Crippen molar-refractivity contribution in [3.8, 4) is 45.5 Å². The largest absolute Gasteiger partial charge is 0.309 e. The summed E-state index contributed by atoms with van der Waals surface area (Å²) in [6.45, 7) is 0. The zero-order valence-electron chi connectivity index (χ0n) is 34.1. The summed E-state index contributed by atoms with van der Waals surface area (Å²) in [5.41, 5.74) is 9.77. The van der Waals surface area contributed by atoms with Gasteiger partial charge in [-0.15, -0.1) is 22.7 Å². The number of benzene rings is 9. The Morgan fingerprint density at radius 3 is 1.17 bits per heavy atom. The van der Waals surface area contributed by atoms with E-state index in [1.165, 1.54) is 62.5 Å². The van der Waals surface area contributed by atoms with Gasteiger partial charge in [-0.2, -0.15) is 0 Å². The summed E-state index contributed by atoms with van der Waals surface area (Å²) >= 11 is 3.70. The van der Waals surface area contributed by atoms with Gasteiger partial charge in [0.25, 0.3) is 0 Å². The Morgan fingerprint density at radius 2 is 0.672 bits per heavy atom. The van der Waals surface area contributed by atoms with Gasteiger partial charge in [-0.05, 0) is 84.9 Å². The molecule has 5 nitrogen and oxygen atoms in total. The van der Waals surface area contributed by atoms with E-state index in [9.17, 15) is 0 Å². The first-order valence-corrected chi connectivity index (χ1v) is 23.1. The van der Waals surface area contributed by atoms with Crippen molar-refractivity contribution in [2.24, 2.45) is 0 Å². The fourth-order valence-electron chi connectivity index (χ4n) is 9.98. The summed E-state index contributed by atoms with van der Waals surface area (Å²) in [5.74, 6) is 1.90. The molecule has 0 fully saturated rings. The maximum Gasteiger partial charge on any atom is 0.164 e. The van der Waals surface area contributed by atoms with Gasteiger partial charge in [-0.25, -0.2) is 15.0 Å². The molecule has 0 aliphatic heterocycles.